The molecule has 1 aliphatic rings. The molecule has 3 N–H and O–H groups in total. The molecule has 0 spiro atoms. The summed E-state index contributed by atoms with van der Waals surface area (Å²) in [5.41, 5.74) is 7.36. The summed E-state index contributed by atoms with van der Waals surface area (Å²) in [5.74, 6) is -1.66. The Morgan fingerprint density at radius 1 is 1.43 bits per heavy atom. The van der Waals surface area contributed by atoms with Gasteiger partial charge in [0.25, 0.3) is 5.56 Å². The van der Waals surface area contributed by atoms with E-state index in [1.807, 2.05) is 25.1 Å². The first-order valence-electron chi connectivity index (χ1n) is 8.57. The van der Waals surface area contributed by atoms with Crippen LogP contribution in [0.1, 0.15) is 24.0 Å². The molecule has 0 bridgehead atoms. The third-order valence-electron chi connectivity index (χ3n) is 4.50. The second-order valence-electron chi connectivity index (χ2n) is 6.43. The molecular formula is C21H19N3O4. The number of esters is 1. The first kappa shape index (κ1) is 19.0. The van der Waals surface area contributed by atoms with Gasteiger partial charge in [-0.15, -0.1) is 0 Å². The number of pyridine rings is 1. The minimum absolute atomic E-state index is 0.0172. The topological polar surface area (TPSA) is 118 Å². The third kappa shape index (κ3) is 3.28. The van der Waals surface area contributed by atoms with Crippen molar-refractivity contribution >= 4 is 16.9 Å². The van der Waals surface area contributed by atoms with Gasteiger partial charge in [0.2, 0.25) is 5.88 Å². The summed E-state index contributed by atoms with van der Waals surface area (Å²) < 4.78 is 10.5. The lowest BCUT2D eigenvalue weighted by molar-refractivity contribution is -0.138. The van der Waals surface area contributed by atoms with E-state index in [-0.39, 0.29) is 35.0 Å². The summed E-state index contributed by atoms with van der Waals surface area (Å²) in [6.45, 7) is 6.96. The molecule has 142 valence electrons. The van der Waals surface area contributed by atoms with Crippen molar-refractivity contribution in [2.24, 2.45) is 5.73 Å². The van der Waals surface area contributed by atoms with E-state index in [2.05, 4.69) is 11.6 Å². The van der Waals surface area contributed by atoms with Crippen molar-refractivity contribution in [3.05, 3.63) is 81.2 Å². The van der Waals surface area contributed by atoms with Crippen molar-refractivity contribution in [2.75, 3.05) is 6.61 Å². The Morgan fingerprint density at radius 3 is 2.86 bits per heavy atom. The minimum Gasteiger partial charge on any atom is -0.458 e. The Labute approximate surface area is 161 Å². The van der Waals surface area contributed by atoms with Crippen LogP contribution in [0.3, 0.4) is 0 Å². The van der Waals surface area contributed by atoms with E-state index < -0.39 is 17.4 Å². The highest BCUT2D eigenvalue weighted by Crippen LogP contribution is 2.38. The van der Waals surface area contributed by atoms with Crippen LogP contribution in [-0.2, 0) is 14.3 Å². The van der Waals surface area contributed by atoms with Gasteiger partial charge < -0.3 is 20.2 Å². The van der Waals surface area contributed by atoms with Gasteiger partial charge in [0, 0.05) is 11.1 Å². The summed E-state index contributed by atoms with van der Waals surface area (Å²) in [6, 6.07) is 9.21. The Bertz CT molecular complexity index is 1150. The van der Waals surface area contributed by atoms with Crippen LogP contribution in [0.5, 0.6) is 0 Å². The van der Waals surface area contributed by atoms with E-state index in [0.717, 1.165) is 10.9 Å². The molecule has 28 heavy (non-hydrogen) atoms. The number of nitrogens with two attached hydrogens (primary N) is 1. The van der Waals surface area contributed by atoms with Crippen LogP contribution >= 0.6 is 0 Å². The van der Waals surface area contributed by atoms with Crippen LogP contribution in [0.4, 0.5) is 0 Å². The molecule has 1 aromatic heterocycles. The van der Waals surface area contributed by atoms with Gasteiger partial charge in [-0.1, -0.05) is 24.3 Å². The number of carbonyl (C=O) groups is 1. The molecule has 7 heteroatoms. The van der Waals surface area contributed by atoms with Gasteiger partial charge in [0.15, 0.2) is 0 Å². The predicted molar refractivity (Wildman–Crippen MR) is 104 cm³/mol. The summed E-state index contributed by atoms with van der Waals surface area (Å²) in [7, 11) is 0. The highest BCUT2D eigenvalue weighted by molar-refractivity contribution is 5.93. The van der Waals surface area contributed by atoms with E-state index in [4.69, 9.17) is 15.2 Å². The summed E-state index contributed by atoms with van der Waals surface area (Å²) in [4.78, 5) is 28.3. The van der Waals surface area contributed by atoms with E-state index in [0.29, 0.717) is 5.52 Å². The Morgan fingerprint density at radius 2 is 2.18 bits per heavy atom. The molecule has 0 aliphatic carbocycles. The van der Waals surface area contributed by atoms with Gasteiger partial charge in [-0.25, -0.2) is 4.79 Å². The number of aromatic nitrogens is 1. The van der Waals surface area contributed by atoms with Crippen molar-refractivity contribution in [2.45, 2.75) is 19.8 Å². The molecule has 0 saturated heterocycles. The van der Waals surface area contributed by atoms with Crippen LogP contribution in [0.25, 0.3) is 10.9 Å². The molecule has 0 radical (unpaired) electrons. The number of aromatic amines is 1. The molecule has 0 saturated carbocycles. The molecule has 2 aromatic rings. The van der Waals surface area contributed by atoms with Gasteiger partial charge in [0.05, 0.1) is 11.5 Å². The fourth-order valence-corrected chi connectivity index (χ4v) is 3.23. The molecule has 1 aromatic carbocycles. The van der Waals surface area contributed by atoms with Crippen molar-refractivity contribution in [1.82, 2.24) is 4.98 Å². The molecule has 7 nitrogen and oxygen atoms in total. The zero-order chi connectivity index (χ0) is 20.4. The fourth-order valence-electron chi connectivity index (χ4n) is 3.23. The van der Waals surface area contributed by atoms with Gasteiger partial charge in [-0.3, -0.25) is 4.79 Å². The zero-order valence-corrected chi connectivity index (χ0v) is 15.5. The fraction of sp³-hybridized carbons (Fsp3) is 0.190. The highest BCUT2D eigenvalue weighted by atomic mass is 16.5. The Hall–Kier alpha value is -3.79. The van der Waals surface area contributed by atoms with Crippen LogP contribution in [-0.4, -0.2) is 17.6 Å². The zero-order valence-electron chi connectivity index (χ0n) is 15.5. The molecule has 0 unspecified atom stereocenters. The maximum atomic E-state index is 12.8. The van der Waals surface area contributed by atoms with Gasteiger partial charge in [-0.05, 0) is 37.4 Å². The lowest BCUT2D eigenvalue weighted by Crippen LogP contribution is -2.29. The summed E-state index contributed by atoms with van der Waals surface area (Å²) >= 11 is 0. The van der Waals surface area contributed by atoms with E-state index >= 15 is 0 Å². The smallest absolute Gasteiger partial charge is 0.338 e. The maximum absolute atomic E-state index is 12.8. The number of benzene rings is 1. The van der Waals surface area contributed by atoms with Crippen LogP contribution in [0.15, 0.2) is 64.5 Å². The van der Waals surface area contributed by atoms with Crippen molar-refractivity contribution in [3.8, 4) is 6.07 Å². The lowest BCUT2D eigenvalue weighted by atomic mass is 9.83. The van der Waals surface area contributed by atoms with Gasteiger partial charge >= 0.3 is 5.97 Å². The number of nitrogens with zero attached hydrogens (tertiary/aromatic N) is 1. The molecule has 1 atom stereocenters. The van der Waals surface area contributed by atoms with Crippen molar-refractivity contribution in [1.29, 1.82) is 5.26 Å². The number of ether oxygens (including phenoxy) is 2. The Balaban J connectivity index is 2.25. The second-order valence-corrected chi connectivity index (χ2v) is 6.43. The van der Waals surface area contributed by atoms with Crippen LogP contribution < -0.4 is 11.3 Å². The number of nitriles is 1. The molecule has 0 fully saturated rings. The largest absolute Gasteiger partial charge is 0.458 e. The average Bonchev–Trinajstić information content (AvgIpc) is 2.65. The number of rotatable bonds is 4. The van der Waals surface area contributed by atoms with Gasteiger partial charge in [-0.2, -0.15) is 5.26 Å². The number of hydrogen-bond donors (Lipinski definition) is 2. The highest BCUT2D eigenvalue weighted by Gasteiger charge is 2.37. The third-order valence-corrected chi connectivity index (χ3v) is 4.50. The quantitative estimate of drug-likeness (QED) is 0.625. The van der Waals surface area contributed by atoms with Crippen molar-refractivity contribution in [3.63, 3.8) is 0 Å². The monoisotopic (exact) mass is 377 g/mol. The van der Waals surface area contributed by atoms with E-state index in [9.17, 15) is 14.9 Å². The first-order chi connectivity index (χ1) is 13.4. The summed E-state index contributed by atoms with van der Waals surface area (Å²) in [6.07, 6.45) is 1.42. The number of fused-ring (bicyclic) bond motifs is 1. The molecule has 2 heterocycles. The predicted octanol–water partition coefficient (Wildman–Crippen LogP) is 2.65. The minimum atomic E-state index is -0.996. The molecule has 0 amide bonds. The molecule has 1 aliphatic heterocycles. The standard InChI is InChI=1S/C21H19N3O4/c1-4-7-27-21(26)17-12(3)28-19(23)15(10-22)18(17)14-9-13-8-11(2)5-6-16(13)24-20(14)25/h4-6,8-9,18H,1,7,23H2,2-3H3,(H,24,25)/t18-/m0/s1. The van der Waals surface area contributed by atoms with E-state index in [1.165, 1.54) is 13.0 Å². The number of aryl methyl sites for hydroxylation is 1. The van der Waals surface area contributed by atoms with E-state index in [1.54, 1.807) is 12.1 Å². The van der Waals surface area contributed by atoms with Gasteiger partial charge in [0.1, 0.15) is 24.0 Å². The average molecular weight is 377 g/mol. The number of allylic oxidation sites excluding steroid dienone is 2. The molecule has 3 rings (SSSR count). The number of nitrogens with one attached hydrogen (secondary N) is 1. The Kier molecular flexibility index (Phi) is 5.05. The molecular weight excluding hydrogens is 358 g/mol. The van der Waals surface area contributed by atoms with Crippen LogP contribution in [0, 0.1) is 18.3 Å². The number of H-pyrrole nitrogens is 1. The second kappa shape index (κ2) is 7.45. The van der Waals surface area contributed by atoms with Crippen molar-refractivity contribution < 1.29 is 14.3 Å². The first-order valence-corrected chi connectivity index (χ1v) is 8.57. The normalized spacial score (nSPS) is 16.5. The SMILES string of the molecule is C=CCOC(=O)C1=C(C)OC(N)=C(C#N)[C@@H]1c1cc2cc(C)ccc2[nH]c1=O. The lowest BCUT2D eigenvalue weighted by Gasteiger charge is -2.26. The number of carbonyl (C=O) groups excluding carboxylic acids is 1. The van der Waals surface area contributed by atoms with Crippen LogP contribution in [0.2, 0.25) is 0 Å². The summed E-state index contributed by atoms with van der Waals surface area (Å²) in [5, 5.41) is 10.4. The maximum Gasteiger partial charge on any atom is 0.338 e. The number of hydrogen-bond acceptors (Lipinski definition) is 6.